The van der Waals surface area contributed by atoms with Gasteiger partial charge in [0, 0.05) is 29.4 Å². The van der Waals surface area contributed by atoms with Gasteiger partial charge in [-0.15, -0.1) is 0 Å². The lowest BCUT2D eigenvalue weighted by Gasteiger charge is -2.13. The van der Waals surface area contributed by atoms with Gasteiger partial charge >= 0.3 is 6.03 Å². The molecule has 0 unspecified atom stereocenters. The van der Waals surface area contributed by atoms with E-state index in [1.807, 2.05) is 0 Å². The highest BCUT2D eigenvalue weighted by Gasteiger charge is 2.15. The zero-order chi connectivity index (χ0) is 25.7. The minimum atomic E-state index is -0.884. The molecule has 0 saturated heterocycles. The minimum absolute atomic E-state index is 0.0852. The predicted molar refractivity (Wildman–Crippen MR) is 129 cm³/mol. The van der Waals surface area contributed by atoms with E-state index < -0.39 is 23.6 Å². The van der Waals surface area contributed by atoms with Crippen LogP contribution in [-0.2, 0) is 11.2 Å². The van der Waals surface area contributed by atoms with Crippen molar-refractivity contribution in [1.29, 1.82) is 0 Å². The Bertz CT molecular complexity index is 1440. The SMILES string of the molecule is COc1cc2nccc(Oc3ccc(NC(=O)NC(=O)Cc4ccccc4F)cc3F)c2cc1OC. The molecule has 184 valence electrons. The van der Waals surface area contributed by atoms with Gasteiger partial charge in [0.05, 0.1) is 26.2 Å². The van der Waals surface area contributed by atoms with Crippen molar-refractivity contribution in [2.75, 3.05) is 19.5 Å². The fourth-order valence-corrected chi connectivity index (χ4v) is 3.46. The lowest BCUT2D eigenvalue weighted by Crippen LogP contribution is -2.35. The highest BCUT2D eigenvalue weighted by atomic mass is 19.1. The van der Waals surface area contributed by atoms with E-state index in [1.54, 1.807) is 24.3 Å². The van der Waals surface area contributed by atoms with Crippen molar-refractivity contribution < 1.29 is 32.6 Å². The first kappa shape index (κ1) is 24.4. The van der Waals surface area contributed by atoms with E-state index in [4.69, 9.17) is 14.2 Å². The summed E-state index contributed by atoms with van der Waals surface area (Å²) in [6.45, 7) is 0. The van der Waals surface area contributed by atoms with Crippen LogP contribution in [0.4, 0.5) is 19.3 Å². The number of hydrogen-bond acceptors (Lipinski definition) is 6. The number of anilines is 1. The number of halogens is 2. The molecular formula is C26H21F2N3O5. The Hall–Kier alpha value is -4.73. The summed E-state index contributed by atoms with van der Waals surface area (Å²) < 4.78 is 44.8. The molecule has 3 aromatic carbocycles. The summed E-state index contributed by atoms with van der Waals surface area (Å²) in [5, 5.41) is 5.02. The Morgan fingerprint density at radius 3 is 2.33 bits per heavy atom. The number of ether oxygens (including phenoxy) is 3. The molecule has 0 radical (unpaired) electrons. The van der Waals surface area contributed by atoms with Crippen molar-refractivity contribution in [2.24, 2.45) is 0 Å². The number of hydrogen-bond donors (Lipinski definition) is 2. The zero-order valence-electron chi connectivity index (χ0n) is 19.3. The van der Waals surface area contributed by atoms with Gasteiger partial charge in [0.2, 0.25) is 5.91 Å². The van der Waals surface area contributed by atoms with Crippen LogP contribution in [0, 0.1) is 11.6 Å². The third kappa shape index (κ3) is 5.49. The number of nitrogens with zero attached hydrogens (tertiary/aromatic N) is 1. The molecule has 0 aliphatic carbocycles. The van der Waals surface area contributed by atoms with E-state index in [0.717, 1.165) is 6.07 Å². The lowest BCUT2D eigenvalue weighted by atomic mass is 10.1. The first-order valence-corrected chi connectivity index (χ1v) is 10.7. The average Bonchev–Trinajstić information content (AvgIpc) is 2.86. The second kappa shape index (κ2) is 10.7. The first-order chi connectivity index (χ1) is 17.4. The largest absolute Gasteiger partial charge is 0.493 e. The number of aromatic nitrogens is 1. The molecule has 10 heteroatoms. The number of amides is 3. The van der Waals surface area contributed by atoms with E-state index in [9.17, 15) is 18.4 Å². The van der Waals surface area contributed by atoms with Crippen molar-refractivity contribution in [1.82, 2.24) is 10.3 Å². The Balaban J connectivity index is 1.45. The molecule has 2 N–H and O–H groups in total. The summed E-state index contributed by atoms with van der Waals surface area (Å²) in [4.78, 5) is 28.4. The number of urea groups is 1. The van der Waals surface area contributed by atoms with E-state index in [2.05, 4.69) is 15.6 Å². The van der Waals surface area contributed by atoms with Gasteiger partial charge in [-0.25, -0.2) is 13.6 Å². The highest BCUT2D eigenvalue weighted by molar-refractivity contribution is 6.01. The van der Waals surface area contributed by atoms with Crippen LogP contribution in [0.1, 0.15) is 5.56 Å². The van der Waals surface area contributed by atoms with Crippen LogP contribution in [0.5, 0.6) is 23.0 Å². The zero-order valence-corrected chi connectivity index (χ0v) is 19.3. The Morgan fingerprint density at radius 2 is 1.61 bits per heavy atom. The van der Waals surface area contributed by atoms with Gasteiger partial charge in [-0.2, -0.15) is 0 Å². The number of fused-ring (bicyclic) bond motifs is 1. The first-order valence-electron chi connectivity index (χ1n) is 10.7. The topological polar surface area (TPSA) is 98.8 Å². The molecule has 4 aromatic rings. The van der Waals surface area contributed by atoms with Gasteiger partial charge in [-0.3, -0.25) is 15.1 Å². The molecule has 8 nitrogen and oxygen atoms in total. The molecule has 1 aromatic heterocycles. The summed E-state index contributed by atoms with van der Waals surface area (Å²) in [7, 11) is 3.00. The molecule has 4 rings (SSSR count). The molecule has 0 aliphatic rings. The van der Waals surface area contributed by atoms with Crippen LogP contribution in [0.2, 0.25) is 0 Å². The van der Waals surface area contributed by atoms with E-state index in [0.29, 0.717) is 28.2 Å². The van der Waals surface area contributed by atoms with Crippen molar-refractivity contribution in [3.8, 4) is 23.0 Å². The van der Waals surface area contributed by atoms with Crippen LogP contribution in [-0.4, -0.2) is 31.1 Å². The number of rotatable bonds is 7. The van der Waals surface area contributed by atoms with Crippen LogP contribution in [0.3, 0.4) is 0 Å². The van der Waals surface area contributed by atoms with E-state index >= 15 is 0 Å². The maximum Gasteiger partial charge on any atom is 0.325 e. The van der Waals surface area contributed by atoms with Gasteiger partial charge in [0.1, 0.15) is 11.6 Å². The predicted octanol–water partition coefficient (Wildman–Crippen LogP) is 5.21. The van der Waals surface area contributed by atoms with Crippen molar-refractivity contribution in [2.45, 2.75) is 6.42 Å². The molecular weight excluding hydrogens is 472 g/mol. The second-order valence-corrected chi connectivity index (χ2v) is 7.55. The van der Waals surface area contributed by atoms with Crippen LogP contribution in [0.25, 0.3) is 10.9 Å². The number of benzene rings is 3. The minimum Gasteiger partial charge on any atom is -0.493 e. The number of carbonyl (C=O) groups excluding carboxylic acids is 2. The molecule has 0 atom stereocenters. The average molecular weight is 493 g/mol. The molecule has 1 heterocycles. The van der Waals surface area contributed by atoms with Crippen molar-refractivity contribution in [3.63, 3.8) is 0 Å². The molecule has 0 bridgehead atoms. The molecule has 0 spiro atoms. The summed E-state index contributed by atoms with van der Waals surface area (Å²) in [6.07, 6.45) is 1.19. The second-order valence-electron chi connectivity index (χ2n) is 7.55. The van der Waals surface area contributed by atoms with Gasteiger partial charge < -0.3 is 19.5 Å². The summed E-state index contributed by atoms with van der Waals surface area (Å²) in [5.41, 5.74) is 0.789. The van der Waals surface area contributed by atoms with Gasteiger partial charge in [0.25, 0.3) is 0 Å². The van der Waals surface area contributed by atoms with Gasteiger partial charge in [0.15, 0.2) is 23.1 Å². The molecule has 36 heavy (non-hydrogen) atoms. The summed E-state index contributed by atoms with van der Waals surface area (Å²) in [5.74, 6) is -0.841. The molecule has 3 amide bonds. The van der Waals surface area contributed by atoms with Gasteiger partial charge in [-0.05, 0) is 35.9 Å². The van der Waals surface area contributed by atoms with Crippen LogP contribution >= 0.6 is 0 Å². The monoisotopic (exact) mass is 493 g/mol. The standard InChI is InChI=1S/C26H21F2N3O5/c1-34-23-13-17-20(14-24(23)35-2)29-10-9-21(17)36-22-8-7-16(12-19(22)28)30-26(33)31-25(32)11-15-5-3-4-6-18(15)27/h3-10,12-14H,11H2,1-2H3,(H2,30,31,32,33). The Morgan fingerprint density at radius 1 is 0.861 bits per heavy atom. The Kier molecular flexibility index (Phi) is 7.24. The molecule has 0 saturated carbocycles. The maximum absolute atomic E-state index is 14.8. The Labute approximate surface area is 204 Å². The summed E-state index contributed by atoms with van der Waals surface area (Å²) in [6, 6.07) is 13.6. The number of carbonyl (C=O) groups is 2. The quantitative estimate of drug-likeness (QED) is 0.367. The van der Waals surface area contributed by atoms with E-state index in [1.165, 1.54) is 50.7 Å². The highest BCUT2D eigenvalue weighted by Crippen LogP contribution is 2.37. The summed E-state index contributed by atoms with van der Waals surface area (Å²) >= 11 is 0. The van der Waals surface area contributed by atoms with Gasteiger partial charge in [-0.1, -0.05) is 18.2 Å². The number of methoxy groups -OCH3 is 2. The maximum atomic E-state index is 14.8. The number of pyridine rings is 1. The lowest BCUT2D eigenvalue weighted by molar-refractivity contribution is -0.119. The van der Waals surface area contributed by atoms with Crippen molar-refractivity contribution >= 4 is 28.5 Å². The normalized spacial score (nSPS) is 10.6. The molecule has 0 aliphatic heterocycles. The number of imide groups is 1. The fourth-order valence-electron chi connectivity index (χ4n) is 3.46. The van der Waals surface area contributed by atoms with Crippen molar-refractivity contribution in [3.05, 3.63) is 84.1 Å². The molecule has 0 fully saturated rings. The smallest absolute Gasteiger partial charge is 0.325 e. The fraction of sp³-hybridized carbons (Fsp3) is 0.115. The number of nitrogens with one attached hydrogen (secondary N) is 2. The van der Waals surface area contributed by atoms with Crippen LogP contribution < -0.4 is 24.8 Å². The van der Waals surface area contributed by atoms with E-state index in [-0.39, 0.29) is 23.4 Å². The third-order valence-electron chi connectivity index (χ3n) is 5.18. The van der Waals surface area contributed by atoms with Crippen LogP contribution in [0.15, 0.2) is 66.9 Å². The third-order valence-corrected chi connectivity index (χ3v) is 5.18.